The molecule has 8 heavy (non-hydrogen) atoms. The number of alkyl halides is 3. The van der Waals surface area contributed by atoms with Crippen molar-refractivity contribution in [3.05, 3.63) is 0 Å². The number of halogens is 3. The molecule has 0 amide bonds. The molecule has 2 N–H and O–H groups in total. The molecule has 1 nitrogen and oxygen atoms in total. The van der Waals surface area contributed by atoms with Crippen LogP contribution in [0.2, 0.25) is 0 Å². The van der Waals surface area contributed by atoms with E-state index in [9.17, 15) is 13.2 Å². The molecule has 0 aliphatic rings. The lowest BCUT2D eigenvalue weighted by Gasteiger charge is -2.07. The summed E-state index contributed by atoms with van der Waals surface area (Å²) in [6.45, 7) is -1.82. The number of thiocarbonyl (C=S) groups is 1. The topological polar surface area (TPSA) is 26.0 Å². The molecular formula is C3H4F3NS. The minimum Gasteiger partial charge on any atom is -0.388 e. The molecule has 0 unspecified atom stereocenters. The minimum absolute atomic E-state index is 1.10. The van der Waals surface area contributed by atoms with Crippen LogP contribution in [0, 0.1) is 0 Å². The van der Waals surface area contributed by atoms with Gasteiger partial charge in [-0.1, -0.05) is 12.2 Å². The summed E-state index contributed by atoms with van der Waals surface area (Å²) in [4.78, 5) is -1.10. The fourth-order valence-corrected chi connectivity index (χ4v) is 0.120. The van der Waals surface area contributed by atoms with E-state index in [4.69, 9.17) is 0 Å². The molecule has 0 radical (unpaired) electrons. The second kappa shape index (κ2) is 2.30. The van der Waals surface area contributed by atoms with Crippen molar-refractivity contribution in [2.24, 2.45) is 5.73 Å². The molecule has 0 heterocycles. The van der Waals surface area contributed by atoms with Crippen LogP contribution in [0.3, 0.4) is 0 Å². The molecule has 0 rings (SSSR count). The van der Waals surface area contributed by atoms with Crippen molar-refractivity contribution in [2.45, 2.75) is 5.92 Å². The summed E-state index contributed by atoms with van der Waals surface area (Å²) < 4.78 is 34.4. The number of hydrogen-bond acceptors (Lipinski definition) is 1. The van der Waals surface area contributed by atoms with Crippen LogP contribution in [0.5, 0.6) is 0 Å². The Kier molecular flexibility index (Phi) is 2.21. The lowest BCUT2D eigenvalue weighted by molar-refractivity contribution is 0.0500. The van der Waals surface area contributed by atoms with Gasteiger partial charge in [0.1, 0.15) is 4.99 Å². The molecule has 0 aromatic rings. The smallest absolute Gasteiger partial charge is 0.324 e. The molecule has 0 saturated carbocycles. The molecule has 0 bridgehead atoms. The van der Waals surface area contributed by atoms with E-state index >= 15 is 0 Å². The Labute approximate surface area is 49.7 Å². The fourth-order valence-electron chi connectivity index (χ4n) is 0.0659. The van der Waals surface area contributed by atoms with Crippen molar-refractivity contribution in [1.82, 2.24) is 0 Å². The summed E-state index contributed by atoms with van der Waals surface area (Å²) in [5.74, 6) is -3.62. The predicted octanol–water partition coefficient (Wildman–Crippen LogP) is 0.877. The van der Waals surface area contributed by atoms with Crippen molar-refractivity contribution in [1.29, 1.82) is 0 Å². The van der Waals surface area contributed by atoms with Crippen LogP contribution in [0.1, 0.15) is 0 Å². The van der Waals surface area contributed by atoms with Gasteiger partial charge in [-0.15, -0.1) is 0 Å². The maximum absolute atomic E-state index is 11.6. The second-order valence-corrected chi connectivity index (χ2v) is 1.64. The summed E-state index contributed by atoms with van der Waals surface area (Å²) in [6.07, 6.45) is 0. The van der Waals surface area contributed by atoms with Crippen molar-refractivity contribution in [2.75, 3.05) is 6.67 Å². The van der Waals surface area contributed by atoms with Gasteiger partial charge in [0.05, 0.1) is 0 Å². The summed E-state index contributed by atoms with van der Waals surface area (Å²) in [5, 5.41) is 0. The normalized spacial score (nSPS) is 11.4. The van der Waals surface area contributed by atoms with Gasteiger partial charge in [-0.25, -0.2) is 4.39 Å². The number of rotatable bonds is 2. The van der Waals surface area contributed by atoms with Gasteiger partial charge in [0.15, 0.2) is 6.67 Å². The molecule has 0 aromatic heterocycles. The van der Waals surface area contributed by atoms with Crippen molar-refractivity contribution >= 4 is 17.2 Å². The van der Waals surface area contributed by atoms with Crippen LogP contribution in [0.4, 0.5) is 13.2 Å². The maximum atomic E-state index is 11.6. The molecule has 5 heteroatoms. The van der Waals surface area contributed by atoms with Crippen molar-refractivity contribution < 1.29 is 13.2 Å². The quantitative estimate of drug-likeness (QED) is 0.580. The van der Waals surface area contributed by atoms with Crippen LogP contribution in [0.15, 0.2) is 0 Å². The van der Waals surface area contributed by atoms with Crippen LogP contribution in [-0.2, 0) is 0 Å². The van der Waals surface area contributed by atoms with Crippen LogP contribution < -0.4 is 5.73 Å². The summed E-state index contributed by atoms with van der Waals surface area (Å²) in [6, 6.07) is 0. The SMILES string of the molecule is NC(=S)C(F)(F)CF. The third kappa shape index (κ3) is 1.65. The predicted molar refractivity (Wildman–Crippen MR) is 27.7 cm³/mol. The molecule has 0 aromatic carbocycles. The Morgan fingerprint density at radius 1 is 1.62 bits per heavy atom. The molecule has 0 atom stereocenters. The van der Waals surface area contributed by atoms with E-state index in [1.807, 2.05) is 0 Å². The standard InChI is InChI=1S/C3H4F3NS/c4-1-3(5,6)2(7)8/h1H2,(H2,7,8). The first-order valence-corrected chi connectivity index (χ1v) is 2.15. The summed E-state index contributed by atoms with van der Waals surface area (Å²) in [5.41, 5.74) is 4.42. The summed E-state index contributed by atoms with van der Waals surface area (Å²) in [7, 11) is 0. The minimum atomic E-state index is -3.62. The first kappa shape index (κ1) is 7.68. The maximum Gasteiger partial charge on any atom is 0.324 e. The monoisotopic (exact) mass is 143 g/mol. The van der Waals surface area contributed by atoms with Gasteiger partial charge in [-0.3, -0.25) is 0 Å². The van der Waals surface area contributed by atoms with Gasteiger partial charge in [-0.2, -0.15) is 8.78 Å². The van der Waals surface area contributed by atoms with Crippen molar-refractivity contribution in [3.63, 3.8) is 0 Å². The molecule has 0 aliphatic heterocycles. The molecule has 0 aliphatic carbocycles. The van der Waals surface area contributed by atoms with Crippen molar-refractivity contribution in [3.8, 4) is 0 Å². The van der Waals surface area contributed by atoms with Gasteiger partial charge in [0.2, 0.25) is 0 Å². The van der Waals surface area contributed by atoms with E-state index < -0.39 is 17.6 Å². The van der Waals surface area contributed by atoms with Gasteiger partial charge >= 0.3 is 5.92 Å². The highest BCUT2D eigenvalue weighted by atomic mass is 32.1. The molecule has 0 spiro atoms. The lowest BCUT2D eigenvalue weighted by atomic mass is 10.4. The Bertz CT molecular complexity index is 103. The zero-order chi connectivity index (χ0) is 6.78. The first-order chi connectivity index (χ1) is 3.50. The highest BCUT2D eigenvalue weighted by Crippen LogP contribution is 2.12. The number of nitrogens with two attached hydrogens (primary N) is 1. The van der Waals surface area contributed by atoms with E-state index in [0.717, 1.165) is 0 Å². The Morgan fingerprint density at radius 2 is 2.00 bits per heavy atom. The fraction of sp³-hybridized carbons (Fsp3) is 0.667. The van der Waals surface area contributed by atoms with Gasteiger partial charge < -0.3 is 5.73 Å². The van der Waals surface area contributed by atoms with E-state index in [0.29, 0.717) is 0 Å². The van der Waals surface area contributed by atoms with Crippen LogP contribution in [0.25, 0.3) is 0 Å². The Balaban J connectivity index is 3.91. The van der Waals surface area contributed by atoms with Gasteiger partial charge in [-0.05, 0) is 0 Å². The average Bonchev–Trinajstić information content (AvgIpc) is 1.67. The van der Waals surface area contributed by atoms with E-state index in [1.165, 1.54) is 0 Å². The number of hydrogen-bond donors (Lipinski definition) is 1. The highest BCUT2D eigenvalue weighted by Gasteiger charge is 2.32. The first-order valence-electron chi connectivity index (χ1n) is 1.74. The van der Waals surface area contributed by atoms with Gasteiger partial charge in [0.25, 0.3) is 0 Å². The molecule has 0 saturated heterocycles. The Hall–Kier alpha value is -0.320. The van der Waals surface area contributed by atoms with E-state index in [-0.39, 0.29) is 0 Å². The third-order valence-electron chi connectivity index (χ3n) is 0.528. The molecular weight excluding hydrogens is 139 g/mol. The lowest BCUT2D eigenvalue weighted by Crippen LogP contribution is -2.35. The van der Waals surface area contributed by atoms with Crippen LogP contribution >= 0.6 is 12.2 Å². The summed E-state index contributed by atoms with van der Waals surface area (Å²) >= 11 is 3.82. The largest absolute Gasteiger partial charge is 0.388 e. The Morgan fingerprint density at radius 3 is 2.00 bits per heavy atom. The molecule has 0 fully saturated rings. The zero-order valence-corrected chi connectivity index (χ0v) is 4.64. The van der Waals surface area contributed by atoms with E-state index in [1.54, 1.807) is 0 Å². The van der Waals surface area contributed by atoms with Crippen LogP contribution in [-0.4, -0.2) is 17.6 Å². The molecule has 48 valence electrons. The average molecular weight is 143 g/mol. The third-order valence-corrected chi connectivity index (χ3v) is 0.827. The zero-order valence-electron chi connectivity index (χ0n) is 3.83. The highest BCUT2D eigenvalue weighted by molar-refractivity contribution is 7.80. The van der Waals surface area contributed by atoms with Gasteiger partial charge in [0, 0.05) is 0 Å². The van der Waals surface area contributed by atoms with E-state index in [2.05, 4.69) is 18.0 Å². The second-order valence-electron chi connectivity index (χ2n) is 1.20.